The van der Waals surface area contributed by atoms with Crippen molar-refractivity contribution in [1.29, 1.82) is 0 Å². The normalized spacial score (nSPS) is 20.5. The Bertz CT molecular complexity index is 498. The fraction of sp³-hybridized carbons (Fsp3) is 0.538. The molecule has 1 aromatic rings. The summed E-state index contributed by atoms with van der Waals surface area (Å²) in [6, 6.07) is 4.80. The Kier molecular flexibility index (Phi) is 2.81. The van der Waals surface area contributed by atoms with Crippen molar-refractivity contribution < 1.29 is 4.92 Å². The first-order valence-corrected chi connectivity index (χ1v) is 6.26. The minimum Gasteiger partial charge on any atom is -0.376 e. The monoisotopic (exact) mass is 268 g/mol. The Balaban J connectivity index is 2.31. The van der Waals surface area contributed by atoms with Crippen molar-refractivity contribution in [3.05, 3.63) is 33.3 Å². The minimum absolute atomic E-state index is 0.0675. The second-order valence-corrected chi connectivity index (χ2v) is 6.38. The molecule has 18 heavy (non-hydrogen) atoms. The van der Waals surface area contributed by atoms with Crippen LogP contribution in [0.15, 0.2) is 18.2 Å². The van der Waals surface area contributed by atoms with E-state index >= 15 is 0 Å². The molecular formula is C13H17ClN2O2. The fourth-order valence-corrected chi connectivity index (χ4v) is 2.67. The van der Waals surface area contributed by atoms with Gasteiger partial charge in [0.15, 0.2) is 0 Å². The molecule has 0 aliphatic heterocycles. The van der Waals surface area contributed by atoms with Crippen molar-refractivity contribution in [2.75, 3.05) is 5.32 Å². The van der Waals surface area contributed by atoms with E-state index in [0.717, 1.165) is 0 Å². The van der Waals surface area contributed by atoms with Crippen molar-refractivity contribution in [2.24, 2.45) is 10.8 Å². The molecule has 1 saturated carbocycles. The van der Waals surface area contributed by atoms with Gasteiger partial charge in [0.25, 0.3) is 5.69 Å². The maximum atomic E-state index is 11.0. The molecule has 0 unspecified atom stereocenters. The average Bonchev–Trinajstić information content (AvgIpc) is 2.60. The molecule has 0 radical (unpaired) electrons. The number of hydrogen-bond acceptors (Lipinski definition) is 3. The molecule has 98 valence electrons. The average molecular weight is 269 g/mol. The molecule has 0 bridgehead atoms. The molecule has 0 heterocycles. The lowest BCUT2D eigenvalue weighted by molar-refractivity contribution is -0.384. The summed E-state index contributed by atoms with van der Waals surface area (Å²) < 4.78 is 0. The molecule has 1 aromatic carbocycles. The van der Waals surface area contributed by atoms with Crippen LogP contribution in [0.3, 0.4) is 0 Å². The number of halogens is 1. The largest absolute Gasteiger partial charge is 0.376 e. The predicted octanol–water partition coefficient (Wildman–Crippen LogP) is 4.09. The van der Waals surface area contributed by atoms with Gasteiger partial charge in [-0.3, -0.25) is 10.1 Å². The highest BCUT2D eigenvalue weighted by Crippen LogP contribution is 2.64. The van der Waals surface area contributed by atoms with E-state index in [1.54, 1.807) is 6.07 Å². The Labute approximate surface area is 111 Å². The van der Waals surface area contributed by atoms with Crippen molar-refractivity contribution in [3.63, 3.8) is 0 Å². The zero-order valence-electron chi connectivity index (χ0n) is 11.0. The van der Waals surface area contributed by atoms with Crippen LogP contribution < -0.4 is 5.32 Å². The standard InChI is InChI=1S/C13H17ClN2O2/c1-12(2)11(13(12,3)4)15-9-7-8(14)5-6-10(9)16(17)18/h5-7,11,15H,1-4H3. The number of nitrogens with one attached hydrogen (secondary N) is 1. The number of hydrogen-bond donors (Lipinski definition) is 1. The fourth-order valence-electron chi connectivity index (χ4n) is 2.50. The second kappa shape index (κ2) is 3.85. The van der Waals surface area contributed by atoms with E-state index in [2.05, 4.69) is 33.0 Å². The zero-order valence-corrected chi connectivity index (χ0v) is 11.7. The van der Waals surface area contributed by atoms with Crippen molar-refractivity contribution in [3.8, 4) is 0 Å². The molecule has 4 nitrogen and oxygen atoms in total. The molecular weight excluding hydrogens is 252 g/mol. The van der Waals surface area contributed by atoms with E-state index in [0.29, 0.717) is 10.7 Å². The Morgan fingerprint density at radius 1 is 1.28 bits per heavy atom. The molecule has 0 aromatic heterocycles. The lowest BCUT2D eigenvalue weighted by Gasteiger charge is -2.09. The van der Waals surface area contributed by atoms with Gasteiger partial charge in [-0.25, -0.2) is 0 Å². The van der Waals surface area contributed by atoms with Crippen LogP contribution in [0, 0.1) is 20.9 Å². The van der Waals surface area contributed by atoms with Gasteiger partial charge in [-0.1, -0.05) is 39.3 Å². The first kappa shape index (κ1) is 13.1. The van der Waals surface area contributed by atoms with Gasteiger partial charge in [0, 0.05) is 17.1 Å². The summed E-state index contributed by atoms with van der Waals surface area (Å²) in [5.41, 5.74) is 0.792. The topological polar surface area (TPSA) is 55.2 Å². The van der Waals surface area contributed by atoms with Crippen molar-refractivity contribution >= 4 is 23.0 Å². The van der Waals surface area contributed by atoms with Gasteiger partial charge in [0.2, 0.25) is 0 Å². The Hall–Kier alpha value is -1.29. The molecule has 1 fully saturated rings. The summed E-state index contributed by atoms with van der Waals surface area (Å²) in [5, 5.41) is 14.7. The Morgan fingerprint density at radius 2 is 1.83 bits per heavy atom. The van der Waals surface area contributed by atoms with Crippen LogP contribution >= 0.6 is 11.6 Å². The van der Waals surface area contributed by atoms with E-state index in [1.165, 1.54) is 12.1 Å². The van der Waals surface area contributed by atoms with Crippen LogP contribution in [-0.4, -0.2) is 11.0 Å². The molecule has 0 spiro atoms. The van der Waals surface area contributed by atoms with E-state index in [9.17, 15) is 10.1 Å². The molecule has 0 atom stereocenters. The van der Waals surface area contributed by atoms with Crippen molar-refractivity contribution in [2.45, 2.75) is 33.7 Å². The number of nitro groups is 1. The van der Waals surface area contributed by atoms with Crippen LogP contribution in [0.2, 0.25) is 5.02 Å². The van der Waals surface area contributed by atoms with Crippen LogP contribution in [0.25, 0.3) is 0 Å². The van der Waals surface area contributed by atoms with Gasteiger partial charge in [0.1, 0.15) is 5.69 Å². The summed E-state index contributed by atoms with van der Waals surface area (Å²) in [5.74, 6) is 0. The zero-order chi connectivity index (χ0) is 13.7. The van der Waals surface area contributed by atoms with Gasteiger partial charge in [-0.05, 0) is 23.0 Å². The minimum atomic E-state index is -0.388. The molecule has 1 aliphatic carbocycles. The first-order chi connectivity index (χ1) is 8.18. The van der Waals surface area contributed by atoms with E-state index in [1.807, 2.05) is 0 Å². The van der Waals surface area contributed by atoms with Crippen molar-refractivity contribution in [1.82, 2.24) is 0 Å². The van der Waals surface area contributed by atoms with E-state index in [-0.39, 0.29) is 27.5 Å². The molecule has 1 N–H and O–H groups in total. The van der Waals surface area contributed by atoms with Gasteiger partial charge in [0.05, 0.1) is 4.92 Å². The van der Waals surface area contributed by atoms with E-state index in [4.69, 9.17) is 11.6 Å². The highest BCUT2D eigenvalue weighted by atomic mass is 35.5. The van der Waals surface area contributed by atoms with Gasteiger partial charge < -0.3 is 5.32 Å². The van der Waals surface area contributed by atoms with Gasteiger partial charge in [-0.15, -0.1) is 0 Å². The van der Waals surface area contributed by atoms with Crippen LogP contribution in [-0.2, 0) is 0 Å². The summed E-state index contributed by atoms with van der Waals surface area (Å²) in [4.78, 5) is 10.6. The highest BCUT2D eigenvalue weighted by molar-refractivity contribution is 6.31. The molecule has 1 aliphatic rings. The maximum absolute atomic E-state index is 11.0. The number of anilines is 1. The van der Waals surface area contributed by atoms with Crippen LogP contribution in [0.5, 0.6) is 0 Å². The first-order valence-electron chi connectivity index (χ1n) is 5.88. The third-order valence-corrected chi connectivity index (χ3v) is 4.71. The van der Waals surface area contributed by atoms with Gasteiger partial charge in [-0.2, -0.15) is 0 Å². The summed E-state index contributed by atoms with van der Waals surface area (Å²) in [6.07, 6.45) is 0. The summed E-state index contributed by atoms with van der Waals surface area (Å²) in [6.45, 7) is 8.62. The smallest absolute Gasteiger partial charge is 0.292 e. The lowest BCUT2D eigenvalue weighted by atomic mass is 10.0. The lowest BCUT2D eigenvalue weighted by Crippen LogP contribution is -2.11. The molecule has 0 saturated heterocycles. The third-order valence-electron chi connectivity index (χ3n) is 4.48. The van der Waals surface area contributed by atoms with Gasteiger partial charge >= 0.3 is 0 Å². The molecule has 5 heteroatoms. The third kappa shape index (κ3) is 1.85. The summed E-state index contributed by atoms with van der Waals surface area (Å²) >= 11 is 5.90. The number of rotatable bonds is 3. The maximum Gasteiger partial charge on any atom is 0.292 e. The van der Waals surface area contributed by atoms with E-state index < -0.39 is 0 Å². The summed E-state index contributed by atoms with van der Waals surface area (Å²) in [7, 11) is 0. The quantitative estimate of drug-likeness (QED) is 0.663. The molecule has 0 amide bonds. The highest BCUT2D eigenvalue weighted by Gasteiger charge is 2.65. The van der Waals surface area contributed by atoms with Crippen LogP contribution in [0.1, 0.15) is 27.7 Å². The second-order valence-electron chi connectivity index (χ2n) is 5.94. The SMILES string of the molecule is CC1(C)C(Nc2cc(Cl)ccc2[N+](=O)[O-])C1(C)C. The van der Waals surface area contributed by atoms with Crippen LogP contribution in [0.4, 0.5) is 11.4 Å². The number of benzene rings is 1. The number of nitrogens with zero attached hydrogens (tertiary/aromatic N) is 1. The number of nitro benzene ring substituents is 1. The Morgan fingerprint density at radius 3 is 2.28 bits per heavy atom. The molecule has 2 rings (SSSR count). The predicted molar refractivity (Wildman–Crippen MR) is 73.1 cm³/mol.